The average Bonchev–Trinajstić information content (AvgIpc) is 2.48. The highest BCUT2D eigenvalue weighted by Gasteiger charge is 2.13. The highest BCUT2D eigenvalue weighted by molar-refractivity contribution is 5.92. The molecule has 0 spiro atoms. The number of benzene rings is 2. The van der Waals surface area contributed by atoms with E-state index in [-0.39, 0.29) is 0 Å². The highest BCUT2D eigenvalue weighted by atomic mass is 16.5. The Morgan fingerprint density at radius 2 is 1.60 bits per heavy atom. The number of carbonyl (C=O) groups is 1. The van der Waals surface area contributed by atoms with Gasteiger partial charge in [-0.3, -0.25) is 0 Å². The number of para-hydroxylation sites is 1. The van der Waals surface area contributed by atoms with Crippen LogP contribution in [0.25, 0.3) is 0 Å². The number of ether oxygens (including phenoxy) is 3. The van der Waals surface area contributed by atoms with Crippen LogP contribution in [0.15, 0.2) is 42.5 Å². The first-order chi connectivity index (χ1) is 9.65. The molecule has 0 aromatic heterocycles. The SMILES string of the molecule is COc1ccc(C(=O)Oc2ccccc2C)cc1OC. The van der Waals surface area contributed by atoms with Crippen molar-refractivity contribution in [3.63, 3.8) is 0 Å². The Morgan fingerprint density at radius 1 is 0.900 bits per heavy atom. The molecule has 0 aliphatic rings. The molecule has 0 N–H and O–H groups in total. The Bertz CT molecular complexity index is 620. The van der Waals surface area contributed by atoms with Gasteiger partial charge in [0, 0.05) is 0 Å². The van der Waals surface area contributed by atoms with E-state index in [9.17, 15) is 4.79 Å². The summed E-state index contributed by atoms with van der Waals surface area (Å²) in [6.07, 6.45) is 0. The molecule has 2 rings (SSSR count). The lowest BCUT2D eigenvalue weighted by Gasteiger charge is -2.10. The fraction of sp³-hybridized carbons (Fsp3) is 0.188. The molecule has 0 saturated heterocycles. The maximum atomic E-state index is 12.1. The lowest BCUT2D eigenvalue weighted by Crippen LogP contribution is -2.09. The topological polar surface area (TPSA) is 44.8 Å². The van der Waals surface area contributed by atoms with Gasteiger partial charge in [-0.25, -0.2) is 4.79 Å². The minimum Gasteiger partial charge on any atom is -0.493 e. The van der Waals surface area contributed by atoms with Gasteiger partial charge >= 0.3 is 5.97 Å². The number of methoxy groups -OCH3 is 2. The standard InChI is InChI=1S/C16H16O4/c1-11-6-4-5-7-13(11)20-16(17)12-8-9-14(18-2)15(10-12)19-3/h4-10H,1-3H3. The average molecular weight is 272 g/mol. The third-order valence-electron chi connectivity index (χ3n) is 2.92. The molecule has 0 bridgehead atoms. The number of hydrogen-bond donors (Lipinski definition) is 0. The van der Waals surface area contributed by atoms with Gasteiger partial charge in [0.05, 0.1) is 19.8 Å². The molecular weight excluding hydrogens is 256 g/mol. The quantitative estimate of drug-likeness (QED) is 0.633. The maximum absolute atomic E-state index is 12.1. The minimum absolute atomic E-state index is 0.408. The van der Waals surface area contributed by atoms with Crippen LogP contribution in [0.3, 0.4) is 0 Å². The van der Waals surface area contributed by atoms with Crippen LogP contribution in [0.4, 0.5) is 0 Å². The summed E-state index contributed by atoms with van der Waals surface area (Å²) in [6.45, 7) is 1.89. The van der Waals surface area contributed by atoms with Gasteiger partial charge in [0.2, 0.25) is 0 Å². The van der Waals surface area contributed by atoms with Crippen molar-refractivity contribution in [2.75, 3.05) is 14.2 Å². The number of aryl methyl sites for hydroxylation is 1. The molecule has 4 heteroatoms. The van der Waals surface area contributed by atoms with E-state index in [4.69, 9.17) is 14.2 Å². The summed E-state index contributed by atoms with van der Waals surface area (Å²) in [6, 6.07) is 12.3. The third-order valence-corrected chi connectivity index (χ3v) is 2.92. The molecule has 0 saturated carbocycles. The van der Waals surface area contributed by atoms with E-state index in [2.05, 4.69) is 0 Å². The first-order valence-corrected chi connectivity index (χ1v) is 6.15. The van der Waals surface area contributed by atoms with Crippen molar-refractivity contribution in [1.29, 1.82) is 0 Å². The smallest absolute Gasteiger partial charge is 0.343 e. The Balaban J connectivity index is 2.24. The Labute approximate surface area is 117 Å². The second kappa shape index (κ2) is 6.10. The molecule has 2 aromatic carbocycles. The molecule has 2 aromatic rings. The van der Waals surface area contributed by atoms with Crippen LogP contribution in [0.2, 0.25) is 0 Å². The molecule has 20 heavy (non-hydrogen) atoms. The summed E-state index contributed by atoms with van der Waals surface area (Å²) in [5, 5.41) is 0. The van der Waals surface area contributed by atoms with Crippen LogP contribution in [-0.2, 0) is 0 Å². The van der Waals surface area contributed by atoms with Crippen molar-refractivity contribution in [2.24, 2.45) is 0 Å². The van der Waals surface area contributed by atoms with Crippen LogP contribution < -0.4 is 14.2 Å². The molecule has 0 aliphatic carbocycles. The molecule has 4 nitrogen and oxygen atoms in total. The van der Waals surface area contributed by atoms with Crippen LogP contribution in [0.5, 0.6) is 17.2 Å². The van der Waals surface area contributed by atoms with Crippen molar-refractivity contribution < 1.29 is 19.0 Å². The molecule has 0 radical (unpaired) electrons. The predicted octanol–water partition coefficient (Wildman–Crippen LogP) is 3.23. The second-order valence-electron chi connectivity index (χ2n) is 4.22. The normalized spacial score (nSPS) is 9.95. The van der Waals surface area contributed by atoms with Gasteiger partial charge in [0.15, 0.2) is 11.5 Å². The Kier molecular flexibility index (Phi) is 4.25. The molecule has 0 aliphatic heterocycles. The van der Waals surface area contributed by atoms with Crippen molar-refractivity contribution in [3.05, 3.63) is 53.6 Å². The number of esters is 1. The van der Waals surface area contributed by atoms with Crippen molar-refractivity contribution in [3.8, 4) is 17.2 Å². The van der Waals surface area contributed by atoms with Gasteiger partial charge in [-0.05, 0) is 36.8 Å². The minimum atomic E-state index is -0.430. The third kappa shape index (κ3) is 2.91. The van der Waals surface area contributed by atoms with Gasteiger partial charge in [0.25, 0.3) is 0 Å². The van der Waals surface area contributed by atoms with Gasteiger partial charge in [-0.1, -0.05) is 18.2 Å². The van der Waals surface area contributed by atoms with Crippen LogP contribution in [0.1, 0.15) is 15.9 Å². The molecule has 0 fully saturated rings. The maximum Gasteiger partial charge on any atom is 0.343 e. The molecule has 0 atom stereocenters. The zero-order valence-electron chi connectivity index (χ0n) is 11.7. The molecular formula is C16H16O4. The molecule has 104 valence electrons. The number of carbonyl (C=O) groups excluding carboxylic acids is 1. The lowest BCUT2D eigenvalue weighted by atomic mass is 10.2. The second-order valence-corrected chi connectivity index (χ2v) is 4.22. The van der Waals surface area contributed by atoms with Gasteiger partial charge in [-0.2, -0.15) is 0 Å². The highest BCUT2D eigenvalue weighted by Crippen LogP contribution is 2.28. The van der Waals surface area contributed by atoms with E-state index in [0.29, 0.717) is 22.8 Å². The van der Waals surface area contributed by atoms with Crippen molar-refractivity contribution >= 4 is 5.97 Å². The van der Waals surface area contributed by atoms with Gasteiger partial charge in [0.1, 0.15) is 5.75 Å². The zero-order chi connectivity index (χ0) is 14.5. The van der Waals surface area contributed by atoms with E-state index >= 15 is 0 Å². The van der Waals surface area contributed by atoms with Gasteiger partial charge < -0.3 is 14.2 Å². The summed E-state index contributed by atoms with van der Waals surface area (Å²) in [4.78, 5) is 12.1. The Hall–Kier alpha value is -2.49. The van der Waals surface area contributed by atoms with E-state index in [1.54, 1.807) is 31.4 Å². The number of hydrogen-bond acceptors (Lipinski definition) is 4. The first-order valence-electron chi connectivity index (χ1n) is 6.15. The summed E-state index contributed by atoms with van der Waals surface area (Å²) in [5.41, 5.74) is 1.31. The fourth-order valence-corrected chi connectivity index (χ4v) is 1.79. The summed E-state index contributed by atoms with van der Waals surface area (Å²) in [7, 11) is 3.07. The monoisotopic (exact) mass is 272 g/mol. The van der Waals surface area contributed by atoms with Crippen LogP contribution in [-0.4, -0.2) is 20.2 Å². The largest absolute Gasteiger partial charge is 0.493 e. The Morgan fingerprint density at radius 3 is 2.25 bits per heavy atom. The zero-order valence-corrected chi connectivity index (χ0v) is 11.7. The van der Waals surface area contributed by atoms with E-state index in [1.807, 2.05) is 25.1 Å². The van der Waals surface area contributed by atoms with Gasteiger partial charge in [-0.15, -0.1) is 0 Å². The van der Waals surface area contributed by atoms with E-state index in [0.717, 1.165) is 5.56 Å². The summed E-state index contributed by atoms with van der Waals surface area (Å²) >= 11 is 0. The van der Waals surface area contributed by atoms with Crippen LogP contribution >= 0.6 is 0 Å². The van der Waals surface area contributed by atoms with Crippen molar-refractivity contribution in [1.82, 2.24) is 0 Å². The predicted molar refractivity (Wildman–Crippen MR) is 75.7 cm³/mol. The van der Waals surface area contributed by atoms with Crippen LogP contribution in [0, 0.1) is 6.92 Å². The van der Waals surface area contributed by atoms with E-state index in [1.165, 1.54) is 7.11 Å². The lowest BCUT2D eigenvalue weighted by molar-refractivity contribution is 0.0733. The summed E-state index contributed by atoms with van der Waals surface area (Å²) < 4.78 is 15.7. The van der Waals surface area contributed by atoms with Crippen molar-refractivity contribution in [2.45, 2.75) is 6.92 Å². The summed E-state index contributed by atoms with van der Waals surface area (Å²) in [5.74, 6) is 1.18. The first kappa shape index (κ1) is 13.9. The molecule has 0 amide bonds. The van der Waals surface area contributed by atoms with E-state index < -0.39 is 5.97 Å². The molecule has 0 heterocycles. The molecule has 0 unspecified atom stereocenters. The number of rotatable bonds is 4. The fourth-order valence-electron chi connectivity index (χ4n) is 1.79.